The lowest BCUT2D eigenvalue weighted by Gasteiger charge is -2.27. The Morgan fingerprint density at radius 2 is 1.35 bits per heavy atom. The van der Waals surface area contributed by atoms with E-state index in [9.17, 15) is 4.79 Å². The largest absolute Gasteiger partial charge is 0.362 e. The Hall–Kier alpha value is -0.840. The number of amides is 1. The predicted octanol–water partition coefficient (Wildman–Crippen LogP) is 5.53. The van der Waals surface area contributed by atoms with Gasteiger partial charge in [-0.15, -0.1) is 0 Å². The molecule has 0 saturated heterocycles. The van der Waals surface area contributed by atoms with Crippen molar-refractivity contribution in [2.45, 2.75) is 9.96 Å². The predicted molar refractivity (Wildman–Crippen MR) is 98.1 cm³/mol. The Labute approximate surface area is 158 Å². The van der Waals surface area contributed by atoms with Crippen molar-refractivity contribution in [3.8, 4) is 0 Å². The molecule has 2 aromatic carbocycles. The van der Waals surface area contributed by atoms with Crippen LogP contribution in [0.3, 0.4) is 0 Å². The molecule has 0 aliphatic carbocycles. The lowest BCUT2D eigenvalue weighted by molar-refractivity contribution is 0.0942. The SMILES string of the molecule is O=C(NC(Nc1ccc(Cl)cc1)C(Cl)(Cl)Cl)c1ccc(Cl)cc1. The molecule has 2 rings (SSSR count). The highest BCUT2D eigenvalue weighted by molar-refractivity contribution is 6.68. The smallest absolute Gasteiger partial charge is 0.252 e. The highest BCUT2D eigenvalue weighted by Crippen LogP contribution is 2.31. The van der Waals surface area contributed by atoms with Crippen LogP contribution in [0.25, 0.3) is 0 Å². The normalized spacial score (nSPS) is 12.6. The van der Waals surface area contributed by atoms with Crippen LogP contribution in [0.4, 0.5) is 5.69 Å². The van der Waals surface area contributed by atoms with Crippen LogP contribution in [-0.4, -0.2) is 15.9 Å². The quantitative estimate of drug-likeness (QED) is 0.512. The Morgan fingerprint density at radius 1 is 0.870 bits per heavy atom. The fourth-order valence-electron chi connectivity index (χ4n) is 1.73. The number of carbonyl (C=O) groups is 1. The average molecular weight is 413 g/mol. The zero-order valence-electron chi connectivity index (χ0n) is 11.5. The number of rotatable bonds is 4. The number of hydrogen-bond donors (Lipinski definition) is 2. The molecule has 122 valence electrons. The minimum Gasteiger partial charge on any atom is -0.362 e. The summed E-state index contributed by atoms with van der Waals surface area (Å²) in [7, 11) is 0. The summed E-state index contributed by atoms with van der Waals surface area (Å²) in [6.07, 6.45) is -0.947. The maximum absolute atomic E-state index is 12.3. The van der Waals surface area contributed by atoms with Gasteiger partial charge < -0.3 is 10.6 Å². The lowest BCUT2D eigenvalue weighted by Crippen LogP contribution is -2.49. The third-order valence-electron chi connectivity index (χ3n) is 2.86. The lowest BCUT2D eigenvalue weighted by atomic mass is 10.2. The molecule has 1 unspecified atom stereocenters. The van der Waals surface area contributed by atoms with Crippen molar-refractivity contribution in [2.75, 3.05) is 5.32 Å². The molecule has 0 aromatic heterocycles. The molecule has 0 bridgehead atoms. The maximum Gasteiger partial charge on any atom is 0.252 e. The summed E-state index contributed by atoms with van der Waals surface area (Å²) in [6, 6.07) is 13.1. The van der Waals surface area contributed by atoms with Crippen LogP contribution < -0.4 is 10.6 Å². The van der Waals surface area contributed by atoms with E-state index < -0.39 is 15.9 Å². The summed E-state index contributed by atoms with van der Waals surface area (Å²) >= 11 is 29.5. The molecule has 0 fully saturated rings. The molecular formula is C15H11Cl5N2O. The van der Waals surface area contributed by atoms with Crippen molar-refractivity contribution in [1.82, 2.24) is 5.32 Å². The van der Waals surface area contributed by atoms with Crippen LogP contribution in [0.2, 0.25) is 10.0 Å². The van der Waals surface area contributed by atoms with Crippen LogP contribution >= 0.6 is 58.0 Å². The van der Waals surface area contributed by atoms with Crippen LogP contribution in [-0.2, 0) is 0 Å². The second-order valence-corrected chi connectivity index (χ2v) is 7.85. The second-order valence-electron chi connectivity index (χ2n) is 4.61. The van der Waals surface area contributed by atoms with Crippen molar-refractivity contribution >= 4 is 69.6 Å². The van der Waals surface area contributed by atoms with Crippen molar-refractivity contribution < 1.29 is 4.79 Å². The number of carbonyl (C=O) groups excluding carboxylic acids is 1. The van der Waals surface area contributed by atoms with Gasteiger partial charge in [0.1, 0.15) is 6.17 Å². The number of hydrogen-bond acceptors (Lipinski definition) is 2. The van der Waals surface area contributed by atoms with Gasteiger partial charge in [-0.3, -0.25) is 4.79 Å². The van der Waals surface area contributed by atoms with Gasteiger partial charge in [0.25, 0.3) is 5.91 Å². The summed E-state index contributed by atoms with van der Waals surface area (Å²) < 4.78 is -1.76. The van der Waals surface area contributed by atoms with E-state index in [0.717, 1.165) is 0 Å². The first kappa shape index (κ1) is 18.5. The Balaban J connectivity index is 2.14. The van der Waals surface area contributed by atoms with Gasteiger partial charge in [-0.2, -0.15) is 0 Å². The van der Waals surface area contributed by atoms with E-state index >= 15 is 0 Å². The minimum absolute atomic E-state index is 0.395. The van der Waals surface area contributed by atoms with E-state index in [1.165, 1.54) is 0 Å². The first-order valence-electron chi connectivity index (χ1n) is 6.41. The van der Waals surface area contributed by atoms with Gasteiger partial charge in [0.05, 0.1) is 0 Å². The van der Waals surface area contributed by atoms with E-state index in [1.54, 1.807) is 48.5 Å². The summed E-state index contributed by atoms with van der Waals surface area (Å²) in [5, 5.41) is 6.68. The van der Waals surface area contributed by atoms with Crippen molar-refractivity contribution in [3.05, 3.63) is 64.1 Å². The summed E-state index contributed by atoms with van der Waals surface area (Å²) in [5.74, 6) is -0.403. The molecule has 3 nitrogen and oxygen atoms in total. The summed E-state index contributed by atoms with van der Waals surface area (Å²) in [5.41, 5.74) is 1.04. The third-order valence-corrected chi connectivity index (χ3v) is 4.02. The standard InChI is InChI=1S/C15H11Cl5N2O/c16-10-3-1-9(2-4-10)13(23)22-14(15(18,19)20)21-12-7-5-11(17)6-8-12/h1-8,14,21H,(H,22,23). The molecule has 1 atom stereocenters. The second kappa shape index (κ2) is 7.82. The Morgan fingerprint density at radius 3 is 1.83 bits per heavy atom. The highest BCUT2D eigenvalue weighted by Gasteiger charge is 2.34. The summed E-state index contributed by atoms with van der Waals surface area (Å²) in [6.45, 7) is 0. The highest BCUT2D eigenvalue weighted by atomic mass is 35.6. The fourth-order valence-corrected chi connectivity index (χ4v) is 2.31. The molecule has 0 saturated carbocycles. The molecule has 1 amide bonds. The van der Waals surface area contributed by atoms with Gasteiger partial charge in [0.2, 0.25) is 3.79 Å². The number of anilines is 1. The zero-order chi connectivity index (χ0) is 17.0. The molecule has 23 heavy (non-hydrogen) atoms. The van der Waals surface area contributed by atoms with Crippen LogP contribution in [0, 0.1) is 0 Å². The van der Waals surface area contributed by atoms with Gasteiger partial charge in [-0.1, -0.05) is 58.0 Å². The topological polar surface area (TPSA) is 41.1 Å². The molecule has 2 aromatic rings. The minimum atomic E-state index is -1.76. The van der Waals surface area contributed by atoms with E-state index in [2.05, 4.69) is 10.6 Å². The zero-order valence-corrected chi connectivity index (χ0v) is 15.3. The molecule has 0 aliphatic heterocycles. The number of benzene rings is 2. The van der Waals surface area contributed by atoms with Crippen LogP contribution in [0.1, 0.15) is 10.4 Å². The molecule has 0 radical (unpaired) electrons. The van der Waals surface area contributed by atoms with Gasteiger partial charge in [-0.05, 0) is 48.5 Å². The van der Waals surface area contributed by atoms with E-state index in [-0.39, 0.29) is 0 Å². The molecule has 0 heterocycles. The number of halogens is 5. The Bertz CT molecular complexity index is 668. The van der Waals surface area contributed by atoms with Gasteiger partial charge in [-0.25, -0.2) is 0 Å². The Kier molecular flexibility index (Phi) is 6.29. The van der Waals surface area contributed by atoms with E-state index in [4.69, 9.17) is 58.0 Å². The van der Waals surface area contributed by atoms with Gasteiger partial charge >= 0.3 is 0 Å². The molecular weight excluding hydrogens is 401 g/mol. The van der Waals surface area contributed by atoms with Crippen molar-refractivity contribution in [3.63, 3.8) is 0 Å². The average Bonchev–Trinajstić information content (AvgIpc) is 2.48. The van der Waals surface area contributed by atoms with Crippen LogP contribution in [0.5, 0.6) is 0 Å². The summed E-state index contributed by atoms with van der Waals surface area (Å²) in [4.78, 5) is 12.3. The third kappa shape index (κ3) is 5.63. The van der Waals surface area contributed by atoms with E-state index in [0.29, 0.717) is 21.3 Å². The fraction of sp³-hybridized carbons (Fsp3) is 0.133. The van der Waals surface area contributed by atoms with Gasteiger partial charge in [0, 0.05) is 21.3 Å². The van der Waals surface area contributed by atoms with E-state index in [1.807, 2.05) is 0 Å². The first-order chi connectivity index (χ1) is 10.8. The monoisotopic (exact) mass is 410 g/mol. The van der Waals surface area contributed by atoms with Crippen molar-refractivity contribution in [2.24, 2.45) is 0 Å². The molecule has 8 heteroatoms. The molecule has 0 aliphatic rings. The van der Waals surface area contributed by atoms with Gasteiger partial charge in [0.15, 0.2) is 0 Å². The molecule has 2 N–H and O–H groups in total. The van der Waals surface area contributed by atoms with Crippen molar-refractivity contribution in [1.29, 1.82) is 0 Å². The van der Waals surface area contributed by atoms with Crippen LogP contribution in [0.15, 0.2) is 48.5 Å². The number of nitrogens with one attached hydrogen (secondary N) is 2. The first-order valence-corrected chi connectivity index (χ1v) is 8.30. The molecule has 0 spiro atoms. The maximum atomic E-state index is 12.3. The number of alkyl halides is 3.